The number of carbonyl (C=O) groups excluding carboxylic acids is 1. The zero-order chi connectivity index (χ0) is 12.1. The predicted octanol–water partition coefficient (Wildman–Crippen LogP) is 2.50. The minimum Gasteiger partial charge on any atom is -0.381 e. The van der Waals surface area contributed by atoms with Crippen molar-refractivity contribution in [3.05, 3.63) is 12.7 Å². The first-order chi connectivity index (χ1) is 8.27. The molecule has 1 heterocycles. The van der Waals surface area contributed by atoms with Crippen LogP contribution in [0.15, 0.2) is 12.7 Å². The van der Waals surface area contributed by atoms with E-state index in [4.69, 9.17) is 9.47 Å². The molecule has 1 aliphatic heterocycles. The molecule has 3 nitrogen and oxygen atoms in total. The van der Waals surface area contributed by atoms with E-state index in [0.29, 0.717) is 5.92 Å². The predicted molar refractivity (Wildman–Crippen MR) is 65.9 cm³/mol. The molecule has 0 bridgehead atoms. The molecule has 96 valence electrons. The summed E-state index contributed by atoms with van der Waals surface area (Å²) in [7, 11) is 0. The van der Waals surface area contributed by atoms with Gasteiger partial charge >= 0.3 is 0 Å². The second kappa shape index (κ2) is 5.78. The molecular weight excluding hydrogens is 216 g/mol. The maximum atomic E-state index is 11.3. The fourth-order valence-corrected chi connectivity index (χ4v) is 3.04. The Labute approximate surface area is 103 Å². The zero-order valence-electron chi connectivity index (χ0n) is 10.5. The van der Waals surface area contributed by atoms with Crippen LogP contribution in [0.4, 0.5) is 0 Å². The number of rotatable bonds is 5. The second-order valence-electron chi connectivity index (χ2n) is 5.15. The van der Waals surface area contributed by atoms with Crippen LogP contribution in [0.25, 0.3) is 0 Å². The molecule has 0 radical (unpaired) electrons. The third-order valence-corrected chi connectivity index (χ3v) is 4.10. The Bertz CT molecular complexity index is 273. The number of ether oxygens (including phenoxy) is 2. The van der Waals surface area contributed by atoms with E-state index in [1.54, 1.807) is 0 Å². The van der Waals surface area contributed by atoms with Gasteiger partial charge < -0.3 is 9.47 Å². The second-order valence-corrected chi connectivity index (χ2v) is 5.15. The van der Waals surface area contributed by atoms with Gasteiger partial charge in [-0.05, 0) is 25.3 Å². The SMILES string of the molecule is C=CC(=O)COC1(C2CCOC2)CCCCC1. The summed E-state index contributed by atoms with van der Waals surface area (Å²) in [5, 5.41) is 0. The highest BCUT2D eigenvalue weighted by Crippen LogP contribution is 2.41. The van der Waals surface area contributed by atoms with E-state index in [2.05, 4.69) is 6.58 Å². The van der Waals surface area contributed by atoms with Gasteiger partial charge in [-0.1, -0.05) is 25.8 Å². The van der Waals surface area contributed by atoms with Crippen LogP contribution >= 0.6 is 0 Å². The number of ketones is 1. The quantitative estimate of drug-likeness (QED) is 0.690. The first-order valence-corrected chi connectivity index (χ1v) is 6.64. The molecule has 1 atom stereocenters. The molecule has 1 unspecified atom stereocenters. The highest BCUT2D eigenvalue weighted by Gasteiger charge is 2.42. The van der Waals surface area contributed by atoms with Crippen molar-refractivity contribution in [1.29, 1.82) is 0 Å². The standard InChI is InChI=1S/C14H22O3/c1-2-13(15)11-17-14(7-4-3-5-8-14)12-6-9-16-10-12/h2,12H,1,3-11H2. The maximum Gasteiger partial charge on any atom is 0.180 e. The molecule has 1 aliphatic carbocycles. The molecule has 1 saturated carbocycles. The van der Waals surface area contributed by atoms with Crippen molar-refractivity contribution in [3.8, 4) is 0 Å². The fraction of sp³-hybridized carbons (Fsp3) is 0.786. The van der Waals surface area contributed by atoms with E-state index in [1.165, 1.54) is 25.3 Å². The van der Waals surface area contributed by atoms with Crippen molar-refractivity contribution in [2.45, 2.75) is 44.1 Å². The van der Waals surface area contributed by atoms with E-state index < -0.39 is 0 Å². The topological polar surface area (TPSA) is 35.5 Å². The van der Waals surface area contributed by atoms with Crippen LogP contribution in [0.5, 0.6) is 0 Å². The highest BCUT2D eigenvalue weighted by atomic mass is 16.5. The molecule has 0 spiro atoms. The number of hydrogen-bond donors (Lipinski definition) is 0. The molecule has 2 aliphatic rings. The fourth-order valence-electron chi connectivity index (χ4n) is 3.04. The first-order valence-electron chi connectivity index (χ1n) is 6.64. The minimum atomic E-state index is -0.104. The van der Waals surface area contributed by atoms with Crippen LogP contribution in [0, 0.1) is 5.92 Å². The monoisotopic (exact) mass is 238 g/mol. The molecule has 0 N–H and O–H groups in total. The van der Waals surface area contributed by atoms with E-state index in [1.807, 2.05) is 0 Å². The molecule has 3 heteroatoms. The van der Waals surface area contributed by atoms with Gasteiger partial charge in [-0.15, -0.1) is 0 Å². The lowest BCUT2D eigenvalue weighted by molar-refractivity contribution is -0.139. The molecule has 0 aromatic carbocycles. The summed E-state index contributed by atoms with van der Waals surface area (Å²) in [6.07, 6.45) is 8.27. The van der Waals surface area contributed by atoms with Crippen LogP contribution in [0.2, 0.25) is 0 Å². The van der Waals surface area contributed by atoms with Gasteiger partial charge in [0.2, 0.25) is 0 Å². The van der Waals surface area contributed by atoms with Crippen LogP contribution in [0.1, 0.15) is 38.5 Å². The van der Waals surface area contributed by atoms with E-state index in [9.17, 15) is 4.79 Å². The average molecular weight is 238 g/mol. The lowest BCUT2D eigenvalue weighted by atomic mass is 9.75. The van der Waals surface area contributed by atoms with Crippen molar-refractivity contribution in [3.63, 3.8) is 0 Å². The van der Waals surface area contributed by atoms with Gasteiger partial charge in [0.1, 0.15) is 6.61 Å². The minimum absolute atomic E-state index is 0.0196. The smallest absolute Gasteiger partial charge is 0.180 e. The Hall–Kier alpha value is -0.670. The van der Waals surface area contributed by atoms with Crippen LogP contribution in [-0.4, -0.2) is 31.2 Å². The van der Waals surface area contributed by atoms with Crippen molar-refractivity contribution in [2.75, 3.05) is 19.8 Å². The number of carbonyl (C=O) groups is 1. The van der Waals surface area contributed by atoms with Gasteiger partial charge in [0.25, 0.3) is 0 Å². The van der Waals surface area contributed by atoms with Gasteiger partial charge in [0.05, 0.1) is 12.2 Å². The van der Waals surface area contributed by atoms with E-state index >= 15 is 0 Å². The molecule has 17 heavy (non-hydrogen) atoms. The third-order valence-electron chi connectivity index (χ3n) is 4.10. The van der Waals surface area contributed by atoms with Gasteiger partial charge in [-0.2, -0.15) is 0 Å². The van der Waals surface area contributed by atoms with Gasteiger partial charge in [0, 0.05) is 12.5 Å². The van der Waals surface area contributed by atoms with Crippen molar-refractivity contribution in [2.24, 2.45) is 5.92 Å². The summed E-state index contributed by atoms with van der Waals surface area (Å²) in [6.45, 7) is 5.30. The van der Waals surface area contributed by atoms with Crippen molar-refractivity contribution >= 4 is 5.78 Å². The van der Waals surface area contributed by atoms with Crippen LogP contribution in [0.3, 0.4) is 0 Å². The maximum absolute atomic E-state index is 11.3. The van der Waals surface area contributed by atoms with Crippen LogP contribution < -0.4 is 0 Å². The number of hydrogen-bond acceptors (Lipinski definition) is 3. The highest BCUT2D eigenvalue weighted by molar-refractivity contribution is 5.90. The molecule has 0 amide bonds. The van der Waals surface area contributed by atoms with Gasteiger partial charge in [0.15, 0.2) is 5.78 Å². The Kier molecular flexibility index (Phi) is 4.35. The Balaban J connectivity index is 2.00. The van der Waals surface area contributed by atoms with Crippen molar-refractivity contribution < 1.29 is 14.3 Å². The summed E-state index contributed by atoms with van der Waals surface area (Å²) in [6, 6.07) is 0. The largest absolute Gasteiger partial charge is 0.381 e. The molecular formula is C14H22O3. The summed E-state index contributed by atoms with van der Waals surface area (Å²) in [5.74, 6) is 0.453. The summed E-state index contributed by atoms with van der Waals surface area (Å²) < 4.78 is 11.5. The Morgan fingerprint density at radius 2 is 2.18 bits per heavy atom. The van der Waals surface area contributed by atoms with Gasteiger partial charge in [-0.3, -0.25) is 4.79 Å². The Morgan fingerprint density at radius 3 is 2.76 bits per heavy atom. The molecule has 0 aromatic rings. The first kappa shape index (κ1) is 12.8. The van der Waals surface area contributed by atoms with E-state index in [0.717, 1.165) is 32.5 Å². The zero-order valence-corrected chi connectivity index (χ0v) is 10.5. The van der Waals surface area contributed by atoms with Crippen molar-refractivity contribution in [1.82, 2.24) is 0 Å². The molecule has 2 fully saturated rings. The normalized spacial score (nSPS) is 27.9. The van der Waals surface area contributed by atoms with E-state index in [-0.39, 0.29) is 18.0 Å². The lowest BCUT2D eigenvalue weighted by Crippen LogP contribution is -2.44. The molecule has 2 rings (SSSR count). The third kappa shape index (κ3) is 2.96. The van der Waals surface area contributed by atoms with Crippen LogP contribution in [-0.2, 0) is 14.3 Å². The lowest BCUT2D eigenvalue weighted by Gasteiger charge is -2.41. The van der Waals surface area contributed by atoms with Gasteiger partial charge in [-0.25, -0.2) is 0 Å². The summed E-state index contributed by atoms with van der Waals surface area (Å²) in [4.78, 5) is 11.3. The summed E-state index contributed by atoms with van der Waals surface area (Å²) >= 11 is 0. The molecule has 0 aromatic heterocycles. The Morgan fingerprint density at radius 1 is 1.41 bits per heavy atom. The summed E-state index contributed by atoms with van der Waals surface area (Å²) in [5.41, 5.74) is -0.104. The molecule has 1 saturated heterocycles. The average Bonchev–Trinajstić information content (AvgIpc) is 2.91.